The summed E-state index contributed by atoms with van der Waals surface area (Å²) in [5, 5.41) is 9.52. The van der Waals surface area contributed by atoms with Gasteiger partial charge in [0, 0.05) is 37.8 Å². The molecule has 1 fully saturated rings. The second-order valence-electron chi connectivity index (χ2n) is 5.97. The maximum absolute atomic E-state index is 11.9. The van der Waals surface area contributed by atoms with E-state index < -0.39 is 0 Å². The number of ether oxygens (including phenoxy) is 1. The fraction of sp³-hybridized carbons (Fsp3) is 0.412. The van der Waals surface area contributed by atoms with Gasteiger partial charge in [-0.1, -0.05) is 29.3 Å². The molecule has 2 amide bonds. The molecule has 0 bridgehead atoms. The number of carbonyl (C=O) groups excluding carboxylic acids is 1. The summed E-state index contributed by atoms with van der Waals surface area (Å²) in [5.74, 6) is 0. The number of rotatable bonds is 6. The summed E-state index contributed by atoms with van der Waals surface area (Å²) in [4.78, 5) is 18.3. The third kappa shape index (κ3) is 5.82. The SMILES string of the molecule is O=C(NCc1nccs1)NCC1CN(Cc2ccc(Cl)c(Cl)c2)CCO1. The van der Waals surface area contributed by atoms with Crippen molar-refractivity contribution < 1.29 is 9.53 Å². The van der Waals surface area contributed by atoms with Crippen LogP contribution in [0, 0.1) is 0 Å². The van der Waals surface area contributed by atoms with Crippen molar-refractivity contribution in [2.24, 2.45) is 0 Å². The second-order valence-corrected chi connectivity index (χ2v) is 7.76. The lowest BCUT2D eigenvalue weighted by atomic mass is 10.2. The Balaban J connectivity index is 1.41. The van der Waals surface area contributed by atoms with E-state index in [0.717, 1.165) is 30.2 Å². The van der Waals surface area contributed by atoms with Gasteiger partial charge in [-0.25, -0.2) is 9.78 Å². The molecule has 0 saturated carbocycles. The largest absolute Gasteiger partial charge is 0.374 e. The Morgan fingerprint density at radius 1 is 1.35 bits per heavy atom. The third-order valence-electron chi connectivity index (χ3n) is 3.99. The maximum atomic E-state index is 11.9. The van der Waals surface area contributed by atoms with Crippen LogP contribution in [0.4, 0.5) is 4.79 Å². The van der Waals surface area contributed by atoms with Crippen molar-refractivity contribution in [3.05, 3.63) is 50.4 Å². The molecule has 2 aromatic rings. The molecule has 140 valence electrons. The first-order valence-corrected chi connectivity index (χ1v) is 9.91. The van der Waals surface area contributed by atoms with E-state index in [1.54, 1.807) is 6.20 Å². The highest BCUT2D eigenvalue weighted by Crippen LogP contribution is 2.23. The van der Waals surface area contributed by atoms with Gasteiger partial charge in [0.1, 0.15) is 5.01 Å². The van der Waals surface area contributed by atoms with E-state index in [9.17, 15) is 4.79 Å². The third-order valence-corrected chi connectivity index (χ3v) is 5.51. The number of nitrogens with zero attached hydrogens (tertiary/aromatic N) is 2. The molecule has 2 heterocycles. The van der Waals surface area contributed by atoms with Crippen molar-refractivity contribution in [2.45, 2.75) is 19.2 Å². The number of urea groups is 1. The summed E-state index contributed by atoms with van der Waals surface area (Å²) in [5.41, 5.74) is 1.11. The highest BCUT2D eigenvalue weighted by molar-refractivity contribution is 7.09. The lowest BCUT2D eigenvalue weighted by Crippen LogP contribution is -2.48. The number of halogens is 2. The van der Waals surface area contributed by atoms with Crippen LogP contribution >= 0.6 is 34.5 Å². The van der Waals surface area contributed by atoms with Crippen molar-refractivity contribution in [1.82, 2.24) is 20.5 Å². The van der Waals surface area contributed by atoms with Crippen molar-refractivity contribution in [3.63, 3.8) is 0 Å². The molecular weight excluding hydrogens is 395 g/mol. The van der Waals surface area contributed by atoms with Gasteiger partial charge in [-0.15, -0.1) is 11.3 Å². The van der Waals surface area contributed by atoms with E-state index in [1.807, 2.05) is 23.6 Å². The number of amides is 2. The molecule has 1 aromatic heterocycles. The minimum atomic E-state index is -0.217. The van der Waals surface area contributed by atoms with Crippen LogP contribution in [0.15, 0.2) is 29.8 Å². The Hall–Kier alpha value is -1.38. The van der Waals surface area contributed by atoms with Crippen LogP contribution in [-0.4, -0.2) is 48.3 Å². The van der Waals surface area contributed by atoms with Crippen LogP contribution in [0.1, 0.15) is 10.6 Å². The van der Waals surface area contributed by atoms with Crippen molar-refractivity contribution in [2.75, 3.05) is 26.2 Å². The highest BCUT2D eigenvalue weighted by atomic mass is 35.5. The van der Waals surface area contributed by atoms with Gasteiger partial charge >= 0.3 is 6.03 Å². The van der Waals surface area contributed by atoms with E-state index >= 15 is 0 Å². The normalized spacial score (nSPS) is 17.8. The van der Waals surface area contributed by atoms with Gasteiger partial charge < -0.3 is 15.4 Å². The Labute approximate surface area is 166 Å². The van der Waals surface area contributed by atoms with Gasteiger partial charge in [-0.2, -0.15) is 0 Å². The number of hydrogen-bond acceptors (Lipinski definition) is 5. The first-order valence-electron chi connectivity index (χ1n) is 8.28. The molecule has 1 atom stereocenters. The molecule has 0 radical (unpaired) electrons. The molecule has 1 unspecified atom stereocenters. The molecule has 1 aliphatic heterocycles. The van der Waals surface area contributed by atoms with E-state index in [-0.39, 0.29) is 12.1 Å². The van der Waals surface area contributed by atoms with Gasteiger partial charge in [0.2, 0.25) is 0 Å². The smallest absolute Gasteiger partial charge is 0.315 e. The molecule has 2 N–H and O–H groups in total. The first kappa shape index (κ1) is 19.4. The fourth-order valence-corrected chi connectivity index (χ4v) is 3.59. The number of benzene rings is 1. The van der Waals surface area contributed by atoms with Crippen LogP contribution in [0.5, 0.6) is 0 Å². The van der Waals surface area contributed by atoms with Crippen LogP contribution in [0.25, 0.3) is 0 Å². The standard InChI is InChI=1S/C17H20Cl2N4O2S/c18-14-2-1-12(7-15(14)19)10-23-4-5-25-13(11-23)8-21-17(24)22-9-16-20-3-6-26-16/h1-3,6-7,13H,4-5,8-11H2,(H2,21,22,24). The van der Waals surface area contributed by atoms with Crippen LogP contribution < -0.4 is 10.6 Å². The summed E-state index contributed by atoms with van der Waals surface area (Å²) in [6.45, 7) is 3.88. The van der Waals surface area contributed by atoms with Crippen LogP contribution in [-0.2, 0) is 17.8 Å². The molecule has 9 heteroatoms. The van der Waals surface area contributed by atoms with E-state index in [2.05, 4.69) is 20.5 Å². The maximum Gasteiger partial charge on any atom is 0.315 e. The minimum Gasteiger partial charge on any atom is -0.374 e. The summed E-state index contributed by atoms with van der Waals surface area (Å²) in [6.07, 6.45) is 1.68. The summed E-state index contributed by atoms with van der Waals surface area (Å²) in [6, 6.07) is 5.46. The molecule has 1 aliphatic rings. The first-order chi connectivity index (χ1) is 12.6. The van der Waals surface area contributed by atoms with Crippen LogP contribution in [0.3, 0.4) is 0 Å². The fourth-order valence-electron chi connectivity index (χ4n) is 2.71. The zero-order chi connectivity index (χ0) is 18.4. The Morgan fingerprint density at radius 2 is 2.23 bits per heavy atom. The number of thiazole rings is 1. The number of carbonyl (C=O) groups is 1. The molecule has 1 saturated heterocycles. The van der Waals surface area contributed by atoms with Gasteiger partial charge in [0.05, 0.1) is 29.3 Å². The highest BCUT2D eigenvalue weighted by Gasteiger charge is 2.21. The molecule has 1 aromatic carbocycles. The average Bonchev–Trinajstić information content (AvgIpc) is 3.15. The molecule has 3 rings (SSSR count). The zero-order valence-corrected chi connectivity index (χ0v) is 16.4. The Kier molecular flexibility index (Phi) is 7.10. The summed E-state index contributed by atoms with van der Waals surface area (Å²) >= 11 is 13.6. The lowest BCUT2D eigenvalue weighted by Gasteiger charge is -2.33. The summed E-state index contributed by atoms with van der Waals surface area (Å²) < 4.78 is 5.75. The van der Waals surface area contributed by atoms with Gasteiger partial charge in [0.25, 0.3) is 0 Å². The van der Waals surface area contributed by atoms with E-state index in [1.165, 1.54) is 11.3 Å². The van der Waals surface area contributed by atoms with Gasteiger partial charge in [-0.3, -0.25) is 4.90 Å². The summed E-state index contributed by atoms with van der Waals surface area (Å²) in [7, 11) is 0. The quantitative estimate of drug-likeness (QED) is 0.761. The Morgan fingerprint density at radius 3 is 3.00 bits per heavy atom. The number of nitrogens with one attached hydrogen (secondary N) is 2. The number of hydrogen-bond donors (Lipinski definition) is 2. The lowest BCUT2D eigenvalue weighted by molar-refractivity contribution is -0.0287. The predicted molar refractivity (Wildman–Crippen MR) is 104 cm³/mol. The van der Waals surface area contributed by atoms with E-state index in [0.29, 0.717) is 29.7 Å². The number of aromatic nitrogens is 1. The minimum absolute atomic E-state index is 0.0443. The predicted octanol–water partition coefficient (Wildman–Crippen LogP) is 3.15. The number of morpholine rings is 1. The van der Waals surface area contributed by atoms with Gasteiger partial charge in [0.15, 0.2) is 0 Å². The second kappa shape index (κ2) is 9.53. The van der Waals surface area contributed by atoms with Crippen molar-refractivity contribution in [3.8, 4) is 0 Å². The van der Waals surface area contributed by atoms with Crippen molar-refractivity contribution >= 4 is 40.6 Å². The topological polar surface area (TPSA) is 66.5 Å². The molecule has 0 spiro atoms. The average molecular weight is 415 g/mol. The Bertz CT molecular complexity index is 730. The van der Waals surface area contributed by atoms with Gasteiger partial charge in [-0.05, 0) is 17.7 Å². The molecule has 0 aliphatic carbocycles. The van der Waals surface area contributed by atoms with Crippen LogP contribution in [0.2, 0.25) is 10.0 Å². The molecule has 26 heavy (non-hydrogen) atoms. The van der Waals surface area contributed by atoms with Crippen molar-refractivity contribution in [1.29, 1.82) is 0 Å². The van der Waals surface area contributed by atoms with E-state index in [4.69, 9.17) is 27.9 Å². The monoisotopic (exact) mass is 414 g/mol. The zero-order valence-electron chi connectivity index (χ0n) is 14.1. The molecule has 6 nitrogen and oxygen atoms in total. The molecular formula is C17H20Cl2N4O2S.